The molecule has 4 saturated carbocycles. The van der Waals surface area contributed by atoms with Gasteiger partial charge in [0.2, 0.25) is 0 Å². The van der Waals surface area contributed by atoms with Crippen molar-refractivity contribution in [1.29, 1.82) is 0 Å². The van der Waals surface area contributed by atoms with Crippen molar-refractivity contribution >= 4 is 11.9 Å². The predicted molar refractivity (Wildman–Crippen MR) is 121 cm³/mol. The van der Waals surface area contributed by atoms with Crippen molar-refractivity contribution < 1.29 is 19.1 Å². The van der Waals surface area contributed by atoms with Crippen LogP contribution in [0.25, 0.3) is 0 Å². The monoisotopic (exact) mass is 432 g/mol. The average Bonchev–Trinajstić information content (AvgIpc) is 3.09. The van der Waals surface area contributed by atoms with E-state index >= 15 is 0 Å². The minimum Gasteiger partial charge on any atom is -0.469 e. The van der Waals surface area contributed by atoms with E-state index in [-0.39, 0.29) is 18.0 Å². The van der Waals surface area contributed by atoms with Crippen molar-refractivity contribution in [3.05, 3.63) is 0 Å². The smallest absolute Gasteiger partial charge is 0.305 e. The second kappa shape index (κ2) is 8.71. The maximum Gasteiger partial charge on any atom is 0.305 e. The highest BCUT2D eigenvalue weighted by Gasteiger charge is 2.60. The van der Waals surface area contributed by atoms with E-state index in [0.29, 0.717) is 29.1 Å². The molecule has 4 aliphatic rings. The van der Waals surface area contributed by atoms with Crippen LogP contribution in [0.2, 0.25) is 0 Å². The van der Waals surface area contributed by atoms with Crippen LogP contribution < -0.4 is 0 Å². The molecule has 176 valence electrons. The summed E-state index contributed by atoms with van der Waals surface area (Å²) < 4.78 is 10.5. The van der Waals surface area contributed by atoms with Gasteiger partial charge in [0.15, 0.2) is 0 Å². The standard InChI is InChI=1S/C27H44O4/c1-17(6-11-25(29)30-5)22-9-10-23-21-8-7-19-16-20(31-18(2)28)12-14-26(19,3)24(21)13-15-27(22,23)4/h17,19-24H,6-16H2,1-5H3/t17?,19?,20?,21?,22?,23?,24?,26-,27+/m0/s1. The Labute approximate surface area is 189 Å². The Balaban J connectivity index is 1.45. The maximum atomic E-state index is 11.7. The van der Waals surface area contributed by atoms with Gasteiger partial charge in [0.25, 0.3) is 0 Å². The van der Waals surface area contributed by atoms with E-state index in [0.717, 1.165) is 42.9 Å². The fourth-order valence-electron chi connectivity index (χ4n) is 9.18. The Kier molecular flexibility index (Phi) is 6.49. The quantitative estimate of drug-likeness (QED) is 0.488. The van der Waals surface area contributed by atoms with E-state index in [2.05, 4.69) is 20.8 Å². The van der Waals surface area contributed by atoms with Crippen LogP contribution >= 0.6 is 0 Å². The highest BCUT2D eigenvalue weighted by Crippen LogP contribution is 2.68. The Morgan fingerprint density at radius 1 is 0.968 bits per heavy atom. The summed E-state index contributed by atoms with van der Waals surface area (Å²) in [5.41, 5.74) is 0.865. The second-order valence-electron chi connectivity index (χ2n) is 12.0. The summed E-state index contributed by atoms with van der Waals surface area (Å²) in [6.45, 7) is 9.09. The number of hydrogen-bond acceptors (Lipinski definition) is 4. The molecule has 0 radical (unpaired) electrons. The topological polar surface area (TPSA) is 52.6 Å². The highest BCUT2D eigenvalue weighted by atomic mass is 16.5. The lowest BCUT2D eigenvalue weighted by molar-refractivity contribution is -0.160. The molecule has 0 aromatic rings. The molecule has 0 saturated heterocycles. The number of esters is 2. The number of ether oxygens (including phenoxy) is 2. The van der Waals surface area contributed by atoms with E-state index in [1.165, 1.54) is 52.1 Å². The summed E-state index contributed by atoms with van der Waals surface area (Å²) in [4.78, 5) is 23.2. The Hall–Kier alpha value is -1.06. The van der Waals surface area contributed by atoms with Gasteiger partial charge >= 0.3 is 11.9 Å². The maximum absolute atomic E-state index is 11.7. The summed E-state index contributed by atoms with van der Waals surface area (Å²) in [6.07, 6.45) is 13.1. The molecule has 4 fully saturated rings. The summed E-state index contributed by atoms with van der Waals surface area (Å²) in [5, 5.41) is 0. The zero-order valence-corrected chi connectivity index (χ0v) is 20.5. The largest absolute Gasteiger partial charge is 0.469 e. The molecule has 7 unspecified atom stereocenters. The van der Waals surface area contributed by atoms with Crippen LogP contribution in [0.15, 0.2) is 0 Å². The van der Waals surface area contributed by atoms with Gasteiger partial charge in [-0.3, -0.25) is 9.59 Å². The minimum atomic E-state index is -0.117. The molecule has 0 aromatic carbocycles. The molecule has 0 aromatic heterocycles. The van der Waals surface area contributed by atoms with Crippen LogP contribution in [0.4, 0.5) is 0 Å². The summed E-state index contributed by atoms with van der Waals surface area (Å²) >= 11 is 0. The van der Waals surface area contributed by atoms with Gasteiger partial charge < -0.3 is 9.47 Å². The van der Waals surface area contributed by atoms with Crippen LogP contribution in [0, 0.1) is 46.3 Å². The second-order valence-corrected chi connectivity index (χ2v) is 12.0. The molecule has 4 rings (SSSR count). The van der Waals surface area contributed by atoms with Crippen molar-refractivity contribution in [2.24, 2.45) is 46.3 Å². The lowest BCUT2D eigenvalue weighted by atomic mass is 9.44. The molecule has 0 bridgehead atoms. The van der Waals surface area contributed by atoms with Crippen LogP contribution in [-0.4, -0.2) is 25.2 Å². The normalized spacial score (nSPS) is 45.1. The van der Waals surface area contributed by atoms with E-state index < -0.39 is 0 Å². The zero-order chi connectivity index (χ0) is 22.4. The lowest BCUT2D eigenvalue weighted by Gasteiger charge is -2.61. The van der Waals surface area contributed by atoms with E-state index in [1.54, 1.807) is 6.92 Å². The number of rotatable bonds is 5. The molecule has 0 heterocycles. The Morgan fingerprint density at radius 2 is 1.68 bits per heavy atom. The third kappa shape index (κ3) is 4.06. The van der Waals surface area contributed by atoms with Gasteiger partial charge in [-0.2, -0.15) is 0 Å². The number of methoxy groups -OCH3 is 1. The summed E-state index contributed by atoms with van der Waals surface area (Å²) in [7, 11) is 1.50. The van der Waals surface area contributed by atoms with E-state index in [9.17, 15) is 9.59 Å². The van der Waals surface area contributed by atoms with Crippen molar-refractivity contribution in [2.45, 2.75) is 104 Å². The van der Waals surface area contributed by atoms with Gasteiger partial charge in [-0.25, -0.2) is 0 Å². The van der Waals surface area contributed by atoms with E-state index in [4.69, 9.17) is 9.47 Å². The first-order chi connectivity index (χ1) is 14.7. The van der Waals surface area contributed by atoms with Crippen LogP contribution in [-0.2, 0) is 19.1 Å². The SMILES string of the molecule is COC(=O)CCC(C)C1CCC2C3CCC4CC(OC(C)=O)CC[C@]4(C)C3CC[C@]12C. The zero-order valence-electron chi connectivity index (χ0n) is 20.5. The van der Waals surface area contributed by atoms with Gasteiger partial charge in [0.1, 0.15) is 6.10 Å². The Morgan fingerprint density at radius 3 is 2.39 bits per heavy atom. The van der Waals surface area contributed by atoms with Gasteiger partial charge in [0, 0.05) is 13.3 Å². The molecule has 0 N–H and O–H groups in total. The van der Waals surface area contributed by atoms with Gasteiger partial charge in [-0.1, -0.05) is 20.8 Å². The predicted octanol–water partition coefficient (Wildman–Crippen LogP) is 6.17. The average molecular weight is 433 g/mol. The van der Waals surface area contributed by atoms with Gasteiger partial charge in [-0.15, -0.1) is 0 Å². The number of carbonyl (C=O) groups excluding carboxylic acids is 2. The van der Waals surface area contributed by atoms with Crippen LogP contribution in [0.3, 0.4) is 0 Å². The highest BCUT2D eigenvalue weighted by molar-refractivity contribution is 5.69. The molecule has 0 aliphatic heterocycles. The summed E-state index contributed by atoms with van der Waals surface area (Å²) in [6, 6.07) is 0. The lowest BCUT2D eigenvalue weighted by Crippen LogP contribution is -2.54. The van der Waals surface area contributed by atoms with Crippen molar-refractivity contribution in [2.75, 3.05) is 7.11 Å². The van der Waals surface area contributed by atoms with Crippen molar-refractivity contribution in [1.82, 2.24) is 0 Å². The summed E-state index contributed by atoms with van der Waals surface area (Å²) in [5.74, 6) is 4.42. The molecule has 9 atom stereocenters. The number of carbonyl (C=O) groups is 2. The van der Waals surface area contributed by atoms with E-state index in [1.807, 2.05) is 0 Å². The first-order valence-corrected chi connectivity index (χ1v) is 12.9. The Bertz CT molecular complexity index is 689. The van der Waals surface area contributed by atoms with Gasteiger partial charge in [0.05, 0.1) is 7.11 Å². The molecular weight excluding hydrogens is 388 g/mol. The third-order valence-electron chi connectivity index (χ3n) is 10.7. The fraction of sp³-hybridized carbons (Fsp3) is 0.926. The first-order valence-electron chi connectivity index (χ1n) is 12.9. The minimum absolute atomic E-state index is 0.0640. The molecule has 4 heteroatoms. The van der Waals surface area contributed by atoms with Gasteiger partial charge in [-0.05, 0) is 111 Å². The molecule has 0 amide bonds. The van der Waals surface area contributed by atoms with Crippen LogP contribution in [0.5, 0.6) is 0 Å². The van der Waals surface area contributed by atoms with Crippen molar-refractivity contribution in [3.63, 3.8) is 0 Å². The first kappa shape index (κ1) is 23.1. The third-order valence-corrected chi connectivity index (χ3v) is 10.7. The van der Waals surface area contributed by atoms with Crippen LogP contribution in [0.1, 0.15) is 98.3 Å². The molecular formula is C27H44O4. The molecule has 0 spiro atoms. The number of fused-ring (bicyclic) bond motifs is 5. The van der Waals surface area contributed by atoms with Crippen molar-refractivity contribution in [3.8, 4) is 0 Å². The number of hydrogen-bond donors (Lipinski definition) is 0. The molecule has 31 heavy (non-hydrogen) atoms. The molecule has 4 aliphatic carbocycles. The fourth-order valence-corrected chi connectivity index (χ4v) is 9.18. The molecule has 4 nitrogen and oxygen atoms in total.